The summed E-state index contributed by atoms with van der Waals surface area (Å²) < 4.78 is 0. The number of rotatable bonds is 6. The molecule has 130 valence electrons. The third-order valence-electron chi connectivity index (χ3n) is 5.03. The number of ketones is 1. The molecule has 0 unspecified atom stereocenters. The first-order valence-electron chi connectivity index (χ1n) is 8.71. The predicted molar refractivity (Wildman–Crippen MR) is 97.5 cm³/mol. The quantitative estimate of drug-likeness (QED) is 0.820. The van der Waals surface area contributed by atoms with E-state index in [0.29, 0.717) is 23.2 Å². The maximum Gasteiger partial charge on any atom is 0.264 e. The van der Waals surface area contributed by atoms with E-state index < -0.39 is 17.4 Å². The first kappa shape index (κ1) is 17.4. The van der Waals surface area contributed by atoms with Crippen molar-refractivity contribution >= 4 is 17.4 Å². The second kappa shape index (κ2) is 6.81. The largest absolute Gasteiger partial charge is 0.375 e. The van der Waals surface area contributed by atoms with Gasteiger partial charge in [0, 0.05) is 18.2 Å². The zero-order valence-electron chi connectivity index (χ0n) is 14.6. The highest BCUT2D eigenvalue weighted by molar-refractivity contribution is 6.11. The second-order valence-corrected chi connectivity index (χ2v) is 6.57. The fourth-order valence-electron chi connectivity index (χ4n) is 3.65. The molecule has 25 heavy (non-hydrogen) atoms. The van der Waals surface area contributed by atoms with Gasteiger partial charge in [-0.1, -0.05) is 68.3 Å². The van der Waals surface area contributed by atoms with E-state index in [0.717, 1.165) is 12.8 Å². The van der Waals surface area contributed by atoms with Crippen LogP contribution >= 0.6 is 0 Å². The average Bonchev–Trinajstić information content (AvgIpc) is 2.85. The molecule has 0 aliphatic carbocycles. The van der Waals surface area contributed by atoms with Crippen molar-refractivity contribution in [2.45, 2.75) is 31.8 Å². The van der Waals surface area contributed by atoms with Crippen LogP contribution in [0, 0.1) is 5.92 Å². The summed E-state index contributed by atoms with van der Waals surface area (Å²) in [5.74, 6) is -1.41. The van der Waals surface area contributed by atoms with Crippen molar-refractivity contribution in [3.63, 3.8) is 0 Å². The maximum absolute atomic E-state index is 13.2. The molecule has 1 N–H and O–H groups in total. The summed E-state index contributed by atoms with van der Waals surface area (Å²) in [6.45, 7) is 2.03. The van der Waals surface area contributed by atoms with Crippen LogP contribution in [0.3, 0.4) is 0 Å². The highest BCUT2D eigenvalue weighted by atomic mass is 16.3. The fourth-order valence-corrected chi connectivity index (χ4v) is 3.65. The molecule has 1 aliphatic rings. The van der Waals surface area contributed by atoms with Gasteiger partial charge < -0.3 is 10.0 Å². The summed E-state index contributed by atoms with van der Waals surface area (Å²) in [4.78, 5) is 27.6. The van der Waals surface area contributed by atoms with Crippen LogP contribution in [0.25, 0.3) is 0 Å². The number of aliphatic hydroxyl groups is 1. The number of unbranched alkanes of at least 4 members (excludes halogenated alkanes) is 1. The number of fused-ring (bicyclic) bond motifs is 1. The van der Waals surface area contributed by atoms with Crippen molar-refractivity contribution in [2.24, 2.45) is 5.92 Å². The molecule has 0 spiro atoms. The number of Topliss-reactive ketones (excluding diaryl/α,β-unsaturated/α-hetero) is 1. The number of hydrogen-bond donors (Lipinski definition) is 1. The Labute approximate surface area is 148 Å². The number of carbonyl (C=O) groups is 2. The molecule has 0 saturated carbocycles. The van der Waals surface area contributed by atoms with Crippen LogP contribution in [0.1, 0.15) is 42.1 Å². The van der Waals surface area contributed by atoms with Crippen LogP contribution in [0.4, 0.5) is 5.69 Å². The zero-order chi connectivity index (χ0) is 18.0. The molecule has 0 aromatic heterocycles. The number of anilines is 1. The Morgan fingerprint density at radius 2 is 1.76 bits per heavy atom. The van der Waals surface area contributed by atoms with Crippen molar-refractivity contribution in [3.05, 3.63) is 65.7 Å². The monoisotopic (exact) mass is 337 g/mol. The number of para-hydroxylation sites is 1. The third-order valence-corrected chi connectivity index (χ3v) is 5.03. The van der Waals surface area contributed by atoms with Crippen molar-refractivity contribution in [1.82, 2.24) is 0 Å². The Bertz CT molecular complexity index is 787. The zero-order valence-corrected chi connectivity index (χ0v) is 14.6. The van der Waals surface area contributed by atoms with Crippen molar-refractivity contribution < 1.29 is 14.7 Å². The van der Waals surface area contributed by atoms with Crippen LogP contribution in [0.15, 0.2) is 54.6 Å². The van der Waals surface area contributed by atoms with Gasteiger partial charge in [0.05, 0.1) is 11.6 Å². The van der Waals surface area contributed by atoms with E-state index in [1.807, 2.05) is 19.1 Å². The normalized spacial score (nSPS) is 20.4. The van der Waals surface area contributed by atoms with E-state index in [2.05, 4.69) is 0 Å². The summed E-state index contributed by atoms with van der Waals surface area (Å²) in [5, 5.41) is 11.5. The van der Waals surface area contributed by atoms with Gasteiger partial charge in [-0.05, 0) is 12.5 Å². The lowest BCUT2D eigenvalue weighted by Crippen LogP contribution is -2.47. The van der Waals surface area contributed by atoms with E-state index in [-0.39, 0.29) is 5.78 Å². The van der Waals surface area contributed by atoms with E-state index >= 15 is 0 Å². The number of likely N-dealkylation sites (N-methyl/N-ethyl adjacent to an activating group) is 1. The molecule has 1 amide bonds. The van der Waals surface area contributed by atoms with Crippen LogP contribution in [-0.2, 0) is 10.4 Å². The Hall–Kier alpha value is -2.46. The smallest absolute Gasteiger partial charge is 0.264 e. The molecule has 1 aliphatic heterocycles. The number of hydrogen-bond acceptors (Lipinski definition) is 3. The molecule has 2 atom stereocenters. The molecule has 4 nitrogen and oxygen atoms in total. The van der Waals surface area contributed by atoms with E-state index in [1.54, 1.807) is 49.5 Å². The van der Waals surface area contributed by atoms with Gasteiger partial charge >= 0.3 is 0 Å². The Kier molecular flexibility index (Phi) is 4.73. The van der Waals surface area contributed by atoms with Gasteiger partial charge in [0.15, 0.2) is 11.4 Å². The van der Waals surface area contributed by atoms with Crippen molar-refractivity contribution in [3.8, 4) is 0 Å². The number of amides is 1. The first-order valence-corrected chi connectivity index (χ1v) is 8.71. The summed E-state index contributed by atoms with van der Waals surface area (Å²) in [5.41, 5.74) is -0.102. The second-order valence-electron chi connectivity index (χ2n) is 6.57. The Balaban J connectivity index is 2.10. The van der Waals surface area contributed by atoms with Crippen LogP contribution in [-0.4, -0.2) is 23.8 Å². The molecule has 2 aromatic rings. The summed E-state index contributed by atoms with van der Waals surface area (Å²) in [6.07, 6.45) is 2.12. The molecule has 0 radical (unpaired) electrons. The van der Waals surface area contributed by atoms with Gasteiger partial charge in [-0.3, -0.25) is 9.59 Å². The molecule has 0 fully saturated rings. The van der Waals surface area contributed by atoms with E-state index in [1.165, 1.54) is 4.90 Å². The number of carbonyl (C=O) groups excluding carboxylic acids is 2. The molecule has 4 heteroatoms. The molecule has 0 saturated heterocycles. The molecule has 1 heterocycles. The Morgan fingerprint density at radius 1 is 1.12 bits per heavy atom. The summed E-state index contributed by atoms with van der Waals surface area (Å²) >= 11 is 0. The van der Waals surface area contributed by atoms with Gasteiger partial charge in [0.2, 0.25) is 0 Å². The molecular weight excluding hydrogens is 314 g/mol. The minimum absolute atomic E-state index is 0.185. The molecule has 2 aromatic carbocycles. The number of nitrogens with zero attached hydrogens (tertiary/aromatic N) is 1. The SMILES string of the molecule is CCCC[C@H](C(=O)c1ccccc1)[C@]1(O)C(=O)N(C)c2ccccc21. The van der Waals surface area contributed by atoms with Gasteiger partial charge in [-0.25, -0.2) is 0 Å². The van der Waals surface area contributed by atoms with Crippen LogP contribution in [0.2, 0.25) is 0 Å². The van der Waals surface area contributed by atoms with Gasteiger partial charge in [-0.2, -0.15) is 0 Å². The fraction of sp³-hybridized carbons (Fsp3) is 0.333. The Morgan fingerprint density at radius 3 is 2.44 bits per heavy atom. The van der Waals surface area contributed by atoms with E-state index in [9.17, 15) is 14.7 Å². The standard InChI is InChI=1S/C21H23NO3/c1-3-4-12-17(19(23)15-10-6-5-7-11-15)21(25)16-13-8-9-14-18(16)22(2)20(21)24/h5-11,13-14,17,25H,3-4,12H2,1-2H3/t17-,21+/m1/s1. The van der Waals surface area contributed by atoms with Gasteiger partial charge in [0.25, 0.3) is 5.91 Å². The lowest BCUT2D eigenvalue weighted by atomic mass is 9.75. The highest BCUT2D eigenvalue weighted by Crippen LogP contribution is 2.46. The van der Waals surface area contributed by atoms with E-state index in [4.69, 9.17) is 0 Å². The molecule has 3 rings (SSSR count). The lowest BCUT2D eigenvalue weighted by molar-refractivity contribution is -0.140. The lowest BCUT2D eigenvalue weighted by Gasteiger charge is -2.31. The predicted octanol–water partition coefficient (Wildman–Crippen LogP) is 3.54. The molecular formula is C21H23NO3. The van der Waals surface area contributed by atoms with Crippen molar-refractivity contribution in [2.75, 3.05) is 11.9 Å². The van der Waals surface area contributed by atoms with Crippen molar-refractivity contribution in [1.29, 1.82) is 0 Å². The van der Waals surface area contributed by atoms with Crippen LogP contribution < -0.4 is 4.90 Å². The van der Waals surface area contributed by atoms with Gasteiger partial charge in [-0.15, -0.1) is 0 Å². The summed E-state index contributed by atoms with van der Waals surface area (Å²) in [7, 11) is 1.64. The van der Waals surface area contributed by atoms with Gasteiger partial charge in [0.1, 0.15) is 0 Å². The highest BCUT2D eigenvalue weighted by Gasteiger charge is 2.55. The average molecular weight is 337 g/mol. The third kappa shape index (κ3) is 2.76. The maximum atomic E-state index is 13.2. The summed E-state index contributed by atoms with van der Waals surface area (Å²) in [6, 6.07) is 16.1. The molecule has 0 bridgehead atoms. The minimum atomic E-state index is -1.81. The van der Waals surface area contributed by atoms with Crippen LogP contribution in [0.5, 0.6) is 0 Å². The number of benzene rings is 2. The topological polar surface area (TPSA) is 57.6 Å². The first-order chi connectivity index (χ1) is 12.0. The minimum Gasteiger partial charge on any atom is -0.375 e.